The fourth-order valence-electron chi connectivity index (χ4n) is 7.00. The second kappa shape index (κ2) is 18.9. The second-order valence-electron chi connectivity index (χ2n) is 14.8. The maximum Gasteiger partial charge on any atom is 0.406 e. The quantitative estimate of drug-likeness (QED) is 0.0974. The monoisotopic (exact) mass is 820 g/mol. The van der Waals surface area contributed by atoms with Crippen molar-refractivity contribution >= 4 is 34.3 Å². The van der Waals surface area contributed by atoms with Crippen LogP contribution in [0.4, 0.5) is 11.6 Å². The molecule has 14 nitrogen and oxygen atoms in total. The van der Waals surface area contributed by atoms with E-state index in [1.165, 1.54) is 24.0 Å². The molecule has 8 heterocycles. The molecular weight excluding hydrogens is 773 g/mol. The van der Waals surface area contributed by atoms with Crippen LogP contribution in [0.2, 0.25) is 0 Å². The van der Waals surface area contributed by atoms with Crippen molar-refractivity contribution in [2.24, 2.45) is 0 Å². The summed E-state index contributed by atoms with van der Waals surface area (Å²) in [7, 11) is 4.32. The van der Waals surface area contributed by atoms with Gasteiger partial charge in [0.2, 0.25) is 5.75 Å². The molecule has 2 unspecified atom stereocenters. The molecule has 2 aliphatic rings. The van der Waals surface area contributed by atoms with Gasteiger partial charge in [-0.15, -0.1) is 22.7 Å². The van der Waals surface area contributed by atoms with Crippen LogP contribution in [0.1, 0.15) is 84.7 Å². The van der Waals surface area contributed by atoms with Crippen molar-refractivity contribution in [2.45, 2.75) is 63.6 Å². The fourth-order valence-corrected chi connectivity index (χ4v) is 9.13. The highest BCUT2D eigenvalue weighted by molar-refractivity contribution is 7.15. The van der Waals surface area contributed by atoms with Crippen LogP contribution in [0.25, 0.3) is 20.9 Å². The Bertz CT molecular complexity index is 2260. The van der Waals surface area contributed by atoms with Crippen molar-refractivity contribution in [3.05, 3.63) is 117 Å². The molecule has 0 bridgehead atoms. The zero-order valence-electron chi connectivity index (χ0n) is 33.1. The van der Waals surface area contributed by atoms with Crippen molar-refractivity contribution in [1.82, 2.24) is 39.7 Å². The summed E-state index contributed by atoms with van der Waals surface area (Å²) in [6.45, 7) is 8.25. The number of nitrogens with zero attached hydrogens (tertiary/aromatic N) is 9. The normalized spacial score (nSPS) is 16.6. The molecule has 58 heavy (non-hydrogen) atoms. The molecule has 2 N–H and O–H groups in total. The van der Waals surface area contributed by atoms with E-state index in [1.54, 1.807) is 59.7 Å². The largest absolute Gasteiger partial charge is 0.482 e. The summed E-state index contributed by atoms with van der Waals surface area (Å²) in [4.78, 5) is 43.5. The number of ether oxygens (including phenoxy) is 2. The fraction of sp³-hybridized carbons (Fsp3) is 0.381. The number of nitrogens with two attached hydrogens (primary N) is 1. The molecule has 8 rings (SSSR count). The first kappa shape index (κ1) is 40.8. The predicted octanol–water partition coefficient (Wildman–Crippen LogP) is 8.59. The van der Waals surface area contributed by atoms with E-state index in [4.69, 9.17) is 20.2 Å². The van der Waals surface area contributed by atoms with Gasteiger partial charge in [-0.1, -0.05) is 0 Å². The lowest BCUT2D eigenvalue weighted by molar-refractivity contribution is -0.390. The van der Waals surface area contributed by atoms with Gasteiger partial charge in [0, 0.05) is 72.4 Å². The summed E-state index contributed by atoms with van der Waals surface area (Å²) < 4.78 is 12.0. The summed E-state index contributed by atoms with van der Waals surface area (Å²) >= 11 is 3.38. The second-order valence-corrected chi connectivity index (χ2v) is 16.9. The molecule has 0 radical (unpaired) electrons. The molecule has 2 saturated heterocycles. The Morgan fingerprint density at radius 1 is 0.690 bits per heavy atom. The molecule has 0 aliphatic carbocycles. The Balaban J connectivity index is 0.000000177. The van der Waals surface area contributed by atoms with Crippen LogP contribution in [-0.2, 0) is 0 Å². The van der Waals surface area contributed by atoms with E-state index < -0.39 is 4.92 Å². The molecule has 0 spiro atoms. The molecular formula is C42H48N10O4S2. The van der Waals surface area contributed by atoms with E-state index in [9.17, 15) is 10.1 Å². The number of nitro groups is 1. The highest BCUT2D eigenvalue weighted by Gasteiger charge is 2.25. The Kier molecular flexibility index (Phi) is 13.3. The van der Waals surface area contributed by atoms with Gasteiger partial charge in [0.25, 0.3) is 0 Å². The van der Waals surface area contributed by atoms with Crippen molar-refractivity contribution in [2.75, 3.05) is 46.0 Å². The van der Waals surface area contributed by atoms with Gasteiger partial charge in [-0.3, -0.25) is 9.97 Å². The molecule has 2 atom stereocenters. The Morgan fingerprint density at radius 3 is 1.59 bits per heavy atom. The van der Waals surface area contributed by atoms with Gasteiger partial charge >= 0.3 is 5.82 Å². The van der Waals surface area contributed by atoms with Gasteiger partial charge in [0.1, 0.15) is 18.4 Å². The SMILES string of the molecule is CC(Oc1cc(-c2cnc(C3CCN(C)CC3)s2)cnc1N)c1ccncc1.CC(Oc1cc(-c2cnc(C3CCN(C)CC3)s2)cnc1[N+](=O)[O-])c1ccncc1. The Morgan fingerprint density at radius 2 is 1.12 bits per heavy atom. The summed E-state index contributed by atoms with van der Waals surface area (Å²) in [6.07, 6.45) is 18.0. The third-order valence-electron chi connectivity index (χ3n) is 10.6. The van der Waals surface area contributed by atoms with Crippen LogP contribution in [0.5, 0.6) is 11.5 Å². The smallest absolute Gasteiger partial charge is 0.406 e. The third-order valence-corrected chi connectivity index (χ3v) is 13.0. The first-order valence-electron chi connectivity index (χ1n) is 19.4. The lowest BCUT2D eigenvalue weighted by atomic mass is 9.98. The number of piperidine rings is 2. The lowest BCUT2D eigenvalue weighted by Gasteiger charge is -2.27. The van der Waals surface area contributed by atoms with Crippen LogP contribution in [-0.4, -0.2) is 84.9 Å². The highest BCUT2D eigenvalue weighted by Crippen LogP contribution is 2.39. The van der Waals surface area contributed by atoms with Crippen molar-refractivity contribution < 1.29 is 14.4 Å². The number of rotatable bonds is 11. The Labute approximate surface area is 346 Å². The lowest BCUT2D eigenvalue weighted by Crippen LogP contribution is -2.29. The minimum absolute atomic E-state index is 0.140. The number of aromatic nitrogens is 6. The molecule has 0 amide bonds. The van der Waals surface area contributed by atoms with Crippen molar-refractivity contribution in [3.63, 3.8) is 0 Å². The van der Waals surface area contributed by atoms with Gasteiger partial charge < -0.3 is 35.1 Å². The third kappa shape index (κ3) is 10.2. The first-order chi connectivity index (χ1) is 28.1. The number of thiazole rings is 2. The topological polar surface area (TPSA) is 171 Å². The zero-order chi connectivity index (χ0) is 40.6. The average molecular weight is 821 g/mol. The minimum atomic E-state index is -0.519. The number of hydrogen-bond acceptors (Lipinski definition) is 15. The van der Waals surface area contributed by atoms with E-state index >= 15 is 0 Å². The number of pyridine rings is 4. The van der Waals surface area contributed by atoms with Crippen molar-refractivity contribution in [1.29, 1.82) is 0 Å². The number of nitrogen functional groups attached to an aromatic ring is 1. The van der Waals surface area contributed by atoms with Gasteiger partial charge in [-0.2, -0.15) is 0 Å². The Hall–Kier alpha value is -5.42. The van der Waals surface area contributed by atoms with E-state index in [-0.39, 0.29) is 23.8 Å². The summed E-state index contributed by atoms with van der Waals surface area (Å²) in [5, 5.41) is 13.8. The van der Waals surface area contributed by atoms with E-state index in [0.29, 0.717) is 23.4 Å². The molecule has 0 aromatic carbocycles. The van der Waals surface area contributed by atoms with E-state index in [0.717, 1.165) is 76.0 Å². The standard InChI is InChI=1S/C21H23N5O3S.C21H25N5OS/c1-14(15-3-7-22-8-4-15)29-18-11-17(12-23-20(18)26(27)28)19-13-24-21(30-19)16-5-9-25(2)10-6-16;1-14(15-3-7-23-8-4-15)27-18-11-17(12-24-20(18)22)19-13-25-21(28-19)16-5-9-26(2)10-6-16/h3-4,7-8,11-14,16H,5-6,9-10H2,1-2H3;3-4,7-8,11-14,16H,5-6,9-10H2,1-2H3,(H2,22,24). The predicted molar refractivity (Wildman–Crippen MR) is 227 cm³/mol. The molecule has 16 heteroatoms. The minimum Gasteiger partial charge on any atom is -0.482 e. The average Bonchev–Trinajstić information content (AvgIpc) is 3.95. The van der Waals surface area contributed by atoms with Crippen LogP contribution in [0.15, 0.2) is 86.0 Å². The maximum absolute atomic E-state index is 11.5. The summed E-state index contributed by atoms with van der Waals surface area (Å²) in [5.41, 5.74) is 9.75. The van der Waals surface area contributed by atoms with Gasteiger partial charge in [0.15, 0.2) is 11.6 Å². The maximum atomic E-state index is 11.5. The molecule has 6 aromatic rings. The van der Waals surface area contributed by atoms with E-state index in [2.05, 4.69) is 48.8 Å². The van der Waals surface area contributed by atoms with Gasteiger partial charge in [-0.05, 0) is 131 Å². The van der Waals surface area contributed by atoms with Crippen LogP contribution in [0.3, 0.4) is 0 Å². The van der Waals surface area contributed by atoms with Crippen LogP contribution >= 0.6 is 22.7 Å². The first-order valence-corrected chi connectivity index (χ1v) is 21.1. The molecule has 2 fully saturated rings. The number of hydrogen-bond donors (Lipinski definition) is 1. The molecule has 302 valence electrons. The van der Waals surface area contributed by atoms with Gasteiger partial charge in [0.05, 0.1) is 19.8 Å². The molecule has 6 aromatic heterocycles. The van der Waals surface area contributed by atoms with Crippen molar-refractivity contribution in [3.8, 4) is 32.4 Å². The van der Waals surface area contributed by atoms with Crippen LogP contribution < -0.4 is 15.2 Å². The number of anilines is 1. The van der Waals surface area contributed by atoms with Gasteiger partial charge in [-0.25, -0.2) is 15.0 Å². The van der Waals surface area contributed by atoms with Crippen LogP contribution in [0, 0.1) is 10.1 Å². The number of likely N-dealkylation sites (tertiary alicyclic amines) is 2. The highest BCUT2D eigenvalue weighted by atomic mass is 32.1. The molecule has 2 aliphatic heterocycles. The summed E-state index contributed by atoms with van der Waals surface area (Å²) in [5.74, 6) is 1.86. The van der Waals surface area contributed by atoms with E-state index in [1.807, 2.05) is 56.6 Å². The zero-order valence-corrected chi connectivity index (χ0v) is 34.7. The summed E-state index contributed by atoms with van der Waals surface area (Å²) in [6, 6.07) is 11.2. The molecule has 0 saturated carbocycles.